The van der Waals surface area contributed by atoms with Gasteiger partial charge in [-0.1, -0.05) is 6.07 Å². The van der Waals surface area contributed by atoms with Crippen LogP contribution in [0.2, 0.25) is 0 Å². The zero-order valence-electron chi connectivity index (χ0n) is 14.2. The van der Waals surface area contributed by atoms with Gasteiger partial charge in [0, 0.05) is 37.1 Å². The Morgan fingerprint density at radius 3 is 2.84 bits per heavy atom. The second-order valence-electron chi connectivity index (χ2n) is 6.14. The molecule has 0 spiro atoms. The molecule has 2 aromatic rings. The molecule has 2 aromatic carbocycles. The summed E-state index contributed by atoms with van der Waals surface area (Å²) in [7, 11) is 1.66. The topological polar surface area (TPSA) is 53.6 Å². The Hall–Kier alpha value is -2.76. The minimum Gasteiger partial charge on any atom is -0.497 e. The van der Waals surface area contributed by atoms with Crippen molar-refractivity contribution in [2.45, 2.75) is 6.42 Å². The summed E-state index contributed by atoms with van der Waals surface area (Å²) in [5, 5.41) is 5.59. The van der Waals surface area contributed by atoms with E-state index in [1.807, 2.05) is 18.2 Å². The van der Waals surface area contributed by atoms with Crippen molar-refractivity contribution in [1.29, 1.82) is 0 Å². The van der Waals surface area contributed by atoms with E-state index in [0.717, 1.165) is 30.9 Å². The molecular formula is C19H22FN3O2. The van der Waals surface area contributed by atoms with E-state index >= 15 is 0 Å². The van der Waals surface area contributed by atoms with Crippen LogP contribution < -0.4 is 20.3 Å². The number of halogens is 1. The number of ether oxygens (including phenoxy) is 1. The molecule has 1 saturated heterocycles. The summed E-state index contributed by atoms with van der Waals surface area (Å²) in [4.78, 5) is 14.2. The van der Waals surface area contributed by atoms with Gasteiger partial charge >= 0.3 is 6.03 Å². The summed E-state index contributed by atoms with van der Waals surface area (Å²) in [6.45, 7) is 2.45. The van der Waals surface area contributed by atoms with Crippen molar-refractivity contribution in [3.8, 4) is 5.75 Å². The number of amides is 2. The molecule has 1 aliphatic heterocycles. The molecule has 0 unspecified atom stereocenters. The van der Waals surface area contributed by atoms with Gasteiger partial charge in [-0.15, -0.1) is 0 Å². The number of carbonyl (C=O) groups excluding carboxylic acids is 1. The Kier molecular flexibility index (Phi) is 5.38. The maximum atomic E-state index is 12.9. The first-order valence-corrected chi connectivity index (χ1v) is 8.33. The molecule has 25 heavy (non-hydrogen) atoms. The van der Waals surface area contributed by atoms with E-state index in [0.29, 0.717) is 18.2 Å². The van der Waals surface area contributed by atoms with Crippen LogP contribution in [0.15, 0.2) is 48.5 Å². The van der Waals surface area contributed by atoms with Crippen LogP contribution in [0.4, 0.5) is 20.6 Å². The molecule has 0 saturated carbocycles. The molecule has 2 N–H and O–H groups in total. The first-order valence-electron chi connectivity index (χ1n) is 8.33. The lowest BCUT2D eigenvalue weighted by molar-refractivity contribution is 0.250. The fourth-order valence-electron chi connectivity index (χ4n) is 2.99. The summed E-state index contributed by atoms with van der Waals surface area (Å²) in [6.07, 6.45) is 1.02. The van der Waals surface area contributed by atoms with Crippen LogP contribution in [0.5, 0.6) is 5.75 Å². The van der Waals surface area contributed by atoms with E-state index in [2.05, 4.69) is 21.6 Å². The van der Waals surface area contributed by atoms with Crippen LogP contribution in [0.1, 0.15) is 6.42 Å². The highest BCUT2D eigenvalue weighted by molar-refractivity contribution is 5.89. The largest absolute Gasteiger partial charge is 0.497 e. The van der Waals surface area contributed by atoms with Gasteiger partial charge < -0.3 is 20.3 Å². The number of nitrogens with zero attached hydrogens (tertiary/aromatic N) is 1. The van der Waals surface area contributed by atoms with Crippen molar-refractivity contribution in [2.75, 3.05) is 37.0 Å². The third-order valence-electron chi connectivity index (χ3n) is 4.36. The van der Waals surface area contributed by atoms with Crippen LogP contribution in [0.3, 0.4) is 0 Å². The van der Waals surface area contributed by atoms with Crippen molar-refractivity contribution in [2.24, 2.45) is 5.92 Å². The number of hydrogen-bond acceptors (Lipinski definition) is 3. The summed E-state index contributed by atoms with van der Waals surface area (Å²) in [6, 6.07) is 13.4. The third kappa shape index (κ3) is 4.62. The highest BCUT2D eigenvalue weighted by atomic mass is 19.1. The zero-order chi connectivity index (χ0) is 17.6. The Balaban J connectivity index is 1.46. The predicted molar refractivity (Wildman–Crippen MR) is 96.7 cm³/mol. The van der Waals surface area contributed by atoms with Gasteiger partial charge in [0.2, 0.25) is 0 Å². The lowest BCUT2D eigenvalue weighted by Gasteiger charge is -2.19. The van der Waals surface area contributed by atoms with Gasteiger partial charge in [0.15, 0.2) is 0 Å². The summed E-state index contributed by atoms with van der Waals surface area (Å²) in [5.74, 6) is 0.914. The molecule has 0 bridgehead atoms. The molecule has 1 fully saturated rings. The lowest BCUT2D eigenvalue weighted by Crippen LogP contribution is -2.34. The fraction of sp³-hybridized carbons (Fsp3) is 0.316. The van der Waals surface area contributed by atoms with E-state index in [1.54, 1.807) is 7.11 Å². The fourth-order valence-corrected chi connectivity index (χ4v) is 2.99. The number of anilines is 2. The molecule has 3 rings (SSSR count). The third-order valence-corrected chi connectivity index (χ3v) is 4.36. The van der Waals surface area contributed by atoms with Crippen LogP contribution in [0.25, 0.3) is 0 Å². The molecule has 1 aliphatic rings. The zero-order valence-corrected chi connectivity index (χ0v) is 14.2. The predicted octanol–water partition coefficient (Wildman–Crippen LogP) is 3.48. The number of nitrogens with one attached hydrogen (secondary N) is 2. The molecule has 2 amide bonds. The number of hydrogen-bond donors (Lipinski definition) is 2. The lowest BCUT2D eigenvalue weighted by atomic mass is 10.1. The van der Waals surface area contributed by atoms with Crippen molar-refractivity contribution in [1.82, 2.24) is 5.32 Å². The van der Waals surface area contributed by atoms with Gasteiger partial charge in [-0.3, -0.25) is 0 Å². The van der Waals surface area contributed by atoms with Crippen molar-refractivity contribution >= 4 is 17.4 Å². The Bertz CT molecular complexity index is 721. The van der Waals surface area contributed by atoms with Gasteiger partial charge in [0.05, 0.1) is 7.11 Å². The SMILES string of the molecule is COc1cccc(N2CC[C@H](CNC(=O)Nc3ccc(F)cc3)C2)c1. The van der Waals surface area contributed by atoms with E-state index in [9.17, 15) is 9.18 Å². The number of benzene rings is 2. The van der Waals surface area contributed by atoms with Crippen LogP contribution in [0, 0.1) is 11.7 Å². The Labute approximate surface area is 146 Å². The van der Waals surface area contributed by atoms with Crippen molar-refractivity contribution < 1.29 is 13.9 Å². The monoisotopic (exact) mass is 343 g/mol. The number of methoxy groups -OCH3 is 1. The molecule has 132 valence electrons. The van der Waals surface area contributed by atoms with Crippen LogP contribution in [-0.4, -0.2) is 32.8 Å². The first kappa shape index (κ1) is 17.1. The molecule has 0 radical (unpaired) electrons. The van der Waals surface area contributed by atoms with Crippen LogP contribution in [-0.2, 0) is 0 Å². The average Bonchev–Trinajstić information content (AvgIpc) is 3.11. The van der Waals surface area contributed by atoms with Gasteiger partial charge in [0.25, 0.3) is 0 Å². The maximum absolute atomic E-state index is 12.9. The quantitative estimate of drug-likeness (QED) is 0.874. The standard InChI is InChI=1S/C19H22FN3O2/c1-25-18-4-2-3-17(11-18)23-10-9-14(13-23)12-21-19(24)22-16-7-5-15(20)6-8-16/h2-8,11,14H,9-10,12-13H2,1H3,(H2,21,22,24)/t14-/m1/s1. The summed E-state index contributed by atoms with van der Waals surface area (Å²) < 4.78 is 18.1. The average molecular weight is 343 g/mol. The molecular weight excluding hydrogens is 321 g/mol. The Morgan fingerprint density at radius 2 is 2.08 bits per heavy atom. The van der Waals surface area contributed by atoms with E-state index in [4.69, 9.17) is 4.74 Å². The molecule has 5 nitrogen and oxygen atoms in total. The van der Waals surface area contributed by atoms with Gasteiger partial charge in [-0.2, -0.15) is 0 Å². The summed E-state index contributed by atoms with van der Waals surface area (Å²) in [5.41, 5.74) is 1.71. The normalized spacial score (nSPS) is 16.6. The summed E-state index contributed by atoms with van der Waals surface area (Å²) >= 11 is 0. The Morgan fingerprint density at radius 1 is 1.28 bits per heavy atom. The highest BCUT2D eigenvalue weighted by Gasteiger charge is 2.23. The first-order chi connectivity index (χ1) is 12.1. The van der Waals surface area contributed by atoms with E-state index in [1.165, 1.54) is 24.3 Å². The van der Waals surface area contributed by atoms with Gasteiger partial charge in [-0.25, -0.2) is 9.18 Å². The van der Waals surface area contributed by atoms with Crippen molar-refractivity contribution in [3.05, 3.63) is 54.3 Å². The van der Waals surface area contributed by atoms with E-state index in [-0.39, 0.29) is 11.8 Å². The maximum Gasteiger partial charge on any atom is 0.319 e. The molecule has 1 atom stereocenters. The molecule has 1 heterocycles. The number of rotatable bonds is 5. The highest BCUT2D eigenvalue weighted by Crippen LogP contribution is 2.26. The molecule has 0 aliphatic carbocycles. The number of urea groups is 1. The molecule has 6 heteroatoms. The van der Waals surface area contributed by atoms with Crippen molar-refractivity contribution in [3.63, 3.8) is 0 Å². The van der Waals surface area contributed by atoms with Crippen LogP contribution >= 0.6 is 0 Å². The smallest absolute Gasteiger partial charge is 0.319 e. The minimum absolute atomic E-state index is 0.272. The minimum atomic E-state index is -0.324. The van der Waals surface area contributed by atoms with E-state index < -0.39 is 0 Å². The number of carbonyl (C=O) groups is 1. The molecule has 0 aromatic heterocycles. The second-order valence-corrected chi connectivity index (χ2v) is 6.14. The van der Waals surface area contributed by atoms with Gasteiger partial charge in [0.1, 0.15) is 11.6 Å². The van der Waals surface area contributed by atoms with Gasteiger partial charge in [-0.05, 0) is 48.7 Å². The second kappa shape index (κ2) is 7.88.